The van der Waals surface area contributed by atoms with E-state index in [2.05, 4.69) is 4.90 Å². The first kappa shape index (κ1) is 14.2. The van der Waals surface area contributed by atoms with E-state index in [0.29, 0.717) is 6.61 Å². The Morgan fingerprint density at radius 2 is 2.11 bits per heavy atom. The smallest absolute Gasteiger partial charge is 0.119 e. The average Bonchev–Trinajstić information content (AvgIpc) is 2.36. The number of ether oxygens (including phenoxy) is 1. The minimum atomic E-state index is -0.518. The van der Waals surface area contributed by atoms with Crippen LogP contribution in [0.15, 0.2) is 24.3 Å². The van der Waals surface area contributed by atoms with Crippen molar-refractivity contribution in [3.05, 3.63) is 24.3 Å². The normalized spacial score (nSPS) is 24.3. The van der Waals surface area contributed by atoms with E-state index in [0.717, 1.165) is 50.3 Å². The molecule has 1 unspecified atom stereocenters. The lowest BCUT2D eigenvalue weighted by Crippen LogP contribution is -2.46. The van der Waals surface area contributed by atoms with E-state index in [1.807, 2.05) is 31.2 Å². The van der Waals surface area contributed by atoms with Gasteiger partial charge in [-0.3, -0.25) is 0 Å². The van der Waals surface area contributed by atoms with E-state index in [1.165, 1.54) is 0 Å². The van der Waals surface area contributed by atoms with Gasteiger partial charge in [-0.25, -0.2) is 0 Å². The lowest BCUT2D eigenvalue weighted by atomic mass is 9.95. The number of aliphatic hydroxyl groups is 1. The SMILES string of the molecule is CC1(O)CCCN(CCCOc2ccc(N)cc2)C1. The van der Waals surface area contributed by atoms with Gasteiger partial charge in [0.25, 0.3) is 0 Å². The number of hydrogen-bond acceptors (Lipinski definition) is 4. The second-order valence-corrected chi connectivity index (χ2v) is 5.65. The van der Waals surface area contributed by atoms with Crippen molar-refractivity contribution in [2.24, 2.45) is 0 Å². The molecule has 0 amide bonds. The van der Waals surface area contributed by atoms with Gasteiger partial charge >= 0.3 is 0 Å². The van der Waals surface area contributed by atoms with E-state index < -0.39 is 5.60 Å². The van der Waals surface area contributed by atoms with Crippen LogP contribution in [0.4, 0.5) is 5.69 Å². The Morgan fingerprint density at radius 3 is 2.79 bits per heavy atom. The maximum atomic E-state index is 10.0. The Bertz CT molecular complexity index is 390. The maximum absolute atomic E-state index is 10.0. The van der Waals surface area contributed by atoms with Crippen LogP contribution in [0.2, 0.25) is 0 Å². The summed E-state index contributed by atoms with van der Waals surface area (Å²) in [5.74, 6) is 0.861. The first-order chi connectivity index (χ1) is 9.05. The van der Waals surface area contributed by atoms with Gasteiger partial charge < -0.3 is 20.5 Å². The Kier molecular flexibility index (Phi) is 4.66. The molecule has 0 aliphatic carbocycles. The molecule has 3 N–H and O–H groups in total. The summed E-state index contributed by atoms with van der Waals surface area (Å²) in [5, 5.41) is 10.0. The number of nitrogens with zero attached hydrogens (tertiary/aromatic N) is 1. The monoisotopic (exact) mass is 264 g/mol. The Hall–Kier alpha value is -1.26. The zero-order chi connectivity index (χ0) is 13.7. The van der Waals surface area contributed by atoms with Gasteiger partial charge in [0.15, 0.2) is 0 Å². The summed E-state index contributed by atoms with van der Waals surface area (Å²) >= 11 is 0. The summed E-state index contributed by atoms with van der Waals surface area (Å²) in [6.07, 6.45) is 2.96. The number of nitrogens with two attached hydrogens (primary N) is 1. The van der Waals surface area contributed by atoms with Gasteiger partial charge in [0.1, 0.15) is 5.75 Å². The number of benzene rings is 1. The molecule has 1 aromatic rings. The summed E-state index contributed by atoms with van der Waals surface area (Å²) in [4.78, 5) is 2.32. The summed E-state index contributed by atoms with van der Waals surface area (Å²) < 4.78 is 5.66. The molecule has 1 heterocycles. The van der Waals surface area contributed by atoms with Crippen molar-refractivity contribution in [1.29, 1.82) is 0 Å². The molecule has 1 atom stereocenters. The second-order valence-electron chi connectivity index (χ2n) is 5.65. The number of piperidine rings is 1. The third-order valence-corrected chi connectivity index (χ3v) is 3.52. The summed E-state index contributed by atoms with van der Waals surface area (Å²) in [7, 11) is 0. The Labute approximate surface area is 115 Å². The van der Waals surface area contributed by atoms with Gasteiger partial charge in [0.05, 0.1) is 12.2 Å². The second kappa shape index (κ2) is 6.26. The Morgan fingerprint density at radius 1 is 1.37 bits per heavy atom. The molecule has 106 valence electrons. The van der Waals surface area contributed by atoms with Crippen LogP contribution in [0, 0.1) is 0 Å². The fourth-order valence-electron chi connectivity index (χ4n) is 2.56. The highest BCUT2D eigenvalue weighted by atomic mass is 16.5. The number of anilines is 1. The van der Waals surface area contributed by atoms with Gasteiger partial charge in [-0.1, -0.05) is 0 Å². The third-order valence-electron chi connectivity index (χ3n) is 3.52. The molecule has 1 aliphatic heterocycles. The van der Waals surface area contributed by atoms with Crippen LogP contribution in [0.3, 0.4) is 0 Å². The van der Waals surface area contributed by atoms with Crippen LogP contribution in [0.1, 0.15) is 26.2 Å². The van der Waals surface area contributed by atoms with Crippen LogP contribution in [-0.2, 0) is 0 Å². The van der Waals surface area contributed by atoms with Crippen molar-refractivity contribution in [2.45, 2.75) is 31.8 Å². The topological polar surface area (TPSA) is 58.7 Å². The first-order valence-corrected chi connectivity index (χ1v) is 6.98. The lowest BCUT2D eigenvalue weighted by Gasteiger charge is -2.36. The van der Waals surface area contributed by atoms with Crippen LogP contribution in [0.25, 0.3) is 0 Å². The van der Waals surface area contributed by atoms with Crippen molar-refractivity contribution in [3.8, 4) is 5.75 Å². The van der Waals surface area contributed by atoms with Crippen LogP contribution in [-0.4, -0.2) is 41.8 Å². The molecule has 1 saturated heterocycles. The van der Waals surface area contributed by atoms with E-state index in [4.69, 9.17) is 10.5 Å². The van der Waals surface area contributed by atoms with Crippen molar-refractivity contribution in [3.63, 3.8) is 0 Å². The zero-order valence-corrected chi connectivity index (χ0v) is 11.6. The van der Waals surface area contributed by atoms with E-state index in [9.17, 15) is 5.11 Å². The molecular weight excluding hydrogens is 240 g/mol. The van der Waals surface area contributed by atoms with E-state index >= 15 is 0 Å². The van der Waals surface area contributed by atoms with Gasteiger partial charge in [-0.15, -0.1) is 0 Å². The van der Waals surface area contributed by atoms with Crippen LogP contribution < -0.4 is 10.5 Å². The fourth-order valence-corrected chi connectivity index (χ4v) is 2.56. The molecule has 1 fully saturated rings. The minimum absolute atomic E-state index is 0.518. The number of β-amino-alcohol motifs (C(OH)–C–C–N with tert-alkyl or cyclic N) is 1. The highest BCUT2D eigenvalue weighted by molar-refractivity contribution is 5.41. The van der Waals surface area contributed by atoms with Crippen LogP contribution in [0.5, 0.6) is 5.75 Å². The Balaban J connectivity index is 1.65. The van der Waals surface area contributed by atoms with Crippen molar-refractivity contribution < 1.29 is 9.84 Å². The largest absolute Gasteiger partial charge is 0.494 e. The predicted octanol–water partition coefficient (Wildman–Crippen LogP) is 1.88. The molecule has 19 heavy (non-hydrogen) atoms. The van der Waals surface area contributed by atoms with Crippen LogP contribution >= 0.6 is 0 Å². The van der Waals surface area contributed by atoms with Gasteiger partial charge in [-0.2, -0.15) is 0 Å². The maximum Gasteiger partial charge on any atom is 0.119 e. The van der Waals surface area contributed by atoms with Gasteiger partial charge in [0, 0.05) is 18.8 Å². The molecule has 0 spiro atoms. The molecule has 4 heteroatoms. The zero-order valence-electron chi connectivity index (χ0n) is 11.6. The van der Waals surface area contributed by atoms with Gasteiger partial charge in [0.2, 0.25) is 0 Å². The minimum Gasteiger partial charge on any atom is -0.494 e. The molecule has 0 saturated carbocycles. The highest BCUT2D eigenvalue weighted by Crippen LogP contribution is 2.20. The van der Waals surface area contributed by atoms with E-state index in [-0.39, 0.29) is 0 Å². The number of nitrogen functional groups attached to an aromatic ring is 1. The third kappa shape index (κ3) is 4.73. The first-order valence-electron chi connectivity index (χ1n) is 6.98. The number of rotatable bonds is 5. The highest BCUT2D eigenvalue weighted by Gasteiger charge is 2.27. The summed E-state index contributed by atoms with van der Waals surface area (Å²) in [5.41, 5.74) is 5.85. The molecule has 0 bridgehead atoms. The quantitative estimate of drug-likeness (QED) is 0.630. The molecule has 4 nitrogen and oxygen atoms in total. The molecule has 0 radical (unpaired) electrons. The lowest BCUT2D eigenvalue weighted by molar-refractivity contribution is -0.0165. The molecule has 0 aromatic heterocycles. The van der Waals surface area contributed by atoms with Crippen molar-refractivity contribution in [1.82, 2.24) is 4.90 Å². The molecule has 1 aromatic carbocycles. The van der Waals surface area contributed by atoms with Gasteiger partial charge in [-0.05, 0) is 57.0 Å². The molecule has 2 rings (SSSR count). The summed E-state index contributed by atoms with van der Waals surface area (Å²) in [6, 6.07) is 7.47. The van der Waals surface area contributed by atoms with Crippen molar-refractivity contribution in [2.75, 3.05) is 32.0 Å². The average molecular weight is 264 g/mol. The standard InChI is InChI=1S/C15H24N2O2/c1-15(18)8-2-9-17(12-15)10-3-11-19-14-6-4-13(16)5-7-14/h4-7,18H,2-3,8-12,16H2,1H3. The molecule has 1 aliphatic rings. The van der Waals surface area contributed by atoms with Crippen molar-refractivity contribution >= 4 is 5.69 Å². The fraction of sp³-hybridized carbons (Fsp3) is 0.600. The number of likely N-dealkylation sites (tertiary alicyclic amines) is 1. The number of hydrogen-bond donors (Lipinski definition) is 2. The molecular formula is C15H24N2O2. The predicted molar refractivity (Wildman–Crippen MR) is 77.3 cm³/mol. The summed E-state index contributed by atoms with van der Waals surface area (Å²) in [6.45, 7) is 5.45. The van der Waals surface area contributed by atoms with E-state index in [1.54, 1.807) is 0 Å².